The van der Waals surface area contributed by atoms with Crippen LogP contribution in [-0.4, -0.2) is 39.8 Å². The molecule has 4 heterocycles. The zero-order valence-corrected chi connectivity index (χ0v) is 20.3. The van der Waals surface area contributed by atoms with Crippen LogP contribution in [0.5, 0.6) is 5.75 Å². The van der Waals surface area contributed by atoms with Crippen LogP contribution >= 0.6 is 0 Å². The van der Waals surface area contributed by atoms with E-state index in [-0.39, 0.29) is 17.3 Å². The summed E-state index contributed by atoms with van der Waals surface area (Å²) in [6.45, 7) is 5.29. The zero-order chi connectivity index (χ0) is 24.3. The number of hydrogen-bond donors (Lipinski definition) is 1. The number of pyridine rings is 1. The summed E-state index contributed by atoms with van der Waals surface area (Å²) in [7, 11) is 1.69. The molecule has 35 heavy (non-hydrogen) atoms. The molecule has 180 valence electrons. The Balaban J connectivity index is 1.32. The average Bonchev–Trinajstić information content (AvgIpc) is 3.45. The fourth-order valence-corrected chi connectivity index (χ4v) is 5.97. The highest BCUT2D eigenvalue weighted by molar-refractivity contribution is 5.76. The third-order valence-electron chi connectivity index (χ3n) is 7.97. The summed E-state index contributed by atoms with van der Waals surface area (Å²) >= 11 is 0. The third-order valence-corrected chi connectivity index (χ3v) is 7.97. The van der Waals surface area contributed by atoms with Crippen LogP contribution in [0.3, 0.4) is 0 Å². The van der Waals surface area contributed by atoms with Gasteiger partial charge in [0.15, 0.2) is 11.6 Å². The Hall–Kier alpha value is -3.52. The molecule has 1 fully saturated rings. The SMILES string of the molecule is COc1ccc2c(c1)[C@@H](N)C1(CCN(c3nc(C)c(-c4ccnc(C)c4F)n4nccc34)CC1)C2. The lowest BCUT2D eigenvalue weighted by Crippen LogP contribution is -2.44. The topological polar surface area (TPSA) is 81.6 Å². The van der Waals surface area contributed by atoms with Crippen molar-refractivity contribution in [2.45, 2.75) is 39.2 Å². The van der Waals surface area contributed by atoms with Crippen LogP contribution in [0.4, 0.5) is 10.2 Å². The summed E-state index contributed by atoms with van der Waals surface area (Å²) in [5, 5.41) is 4.54. The Kier molecular flexibility index (Phi) is 5.03. The monoisotopic (exact) mass is 472 g/mol. The lowest BCUT2D eigenvalue weighted by atomic mass is 9.73. The highest BCUT2D eigenvalue weighted by Gasteiger charge is 2.46. The molecule has 1 saturated heterocycles. The van der Waals surface area contributed by atoms with Crippen LogP contribution in [0.25, 0.3) is 16.8 Å². The Morgan fingerprint density at radius 3 is 2.66 bits per heavy atom. The Bertz CT molecular complexity index is 1440. The number of nitrogens with zero attached hydrogens (tertiary/aromatic N) is 5. The first-order valence-corrected chi connectivity index (χ1v) is 12.0. The predicted molar refractivity (Wildman–Crippen MR) is 133 cm³/mol. The summed E-state index contributed by atoms with van der Waals surface area (Å²) in [6.07, 6.45) is 6.32. The van der Waals surface area contributed by atoms with Crippen LogP contribution in [0.1, 0.15) is 41.4 Å². The van der Waals surface area contributed by atoms with Gasteiger partial charge in [0.05, 0.1) is 30.4 Å². The molecular formula is C27H29FN6O. The van der Waals surface area contributed by atoms with Gasteiger partial charge in [-0.3, -0.25) is 4.98 Å². The number of piperidine rings is 1. The smallest absolute Gasteiger partial charge is 0.155 e. The maximum absolute atomic E-state index is 15.0. The van der Waals surface area contributed by atoms with E-state index in [1.165, 1.54) is 11.1 Å². The lowest BCUT2D eigenvalue weighted by Gasteiger charge is -2.42. The minimum absolute atomic E-state index is 0.000267. The second-order valence-corrected chi connectivity index (χ2v) is 9.82. The first-order chi connectivity index (χ1) is 16.9. The number of methoxy groups -OCH3 is 1. The van der Waals surface area contributed by atoms with E-state index in [0.29, 0.717) is 17.0 Å². The maximum atomic E-state index is 15.0. The van der Waals surface area contributed by atoms with Crippen LogP contribution in [-0.2, 0) is 6.42 Å². The van der Waals surface area contributed by atoms with E-state index in [1.54, 1.807) is 32.5 Å². The molecule has 2 aliphatic rings. The van der Waals surface area contributed by atoms with Gasteiger partial charge in [0.2, 0.25) is 0 Å². The highest BCUT2D eigenvalue weighted by atomic mass is 19.1. The number of ether oxygens (including phenoxy) is 1. The van der Waals surface area contributed by atoms with E-state index >= 15 is 0 Å². The Labute approximate surface area is 203 Å². The molecule has 2 N–H and O–H groups in total. The van der Waals surface area contributed by atoms with Gasteiger partial charge in [-0.15, -0.1) is 0 Å². The quantitative estimate of drug-likeness (QED) is 0.476. The van der Waals surface area contributed by atoms with Crippen molar-refractivity contribution in [3.8, 4) is 17.0 Å². The van der Waals surface area contributed by atoms with Crippen molar-refractivity contribution in [1.82, 2.24) is 19.6 Å². The minimum atomic E-state index is -0.340. The lowest BCUT2D eigenvalue weighted by molar-refractivity contribution is 0.187. The highest BCUT2D eigenvalue weighted by Crippen LogP contribution is 2.52. The van der Waals surface area contributed by atoms with Crippen molar-refractivity contribution >= 4 is 11.3 Å². The molecule has 3 aromatic heterocycles. The number of halogens is 1. The van der Waals surface area contributed by atoms with E-state index in [2.05, 4.69) is 27.1 Å². The van der Waals surface area contributed by atoms with E-state index in [4.69, 9.17) is 15.5 Å². The number of aryl methyl sites for hydroxylation is 2. The molecule has 1 aliphatic heterocycles. The summed E-state index contributed by atoms with van der Waals surface area (Å²) < 4.78 is 22.2. The fourth-order valence-electron chi connectivity index (χ4n) is 5.97. The summed E-state index contributed by atoms with van der Waals surface area (Å²) in [6, 6.07) is 9.92. The van der Waals surface area contributed by atoms with Crippen molar-refractivity contribution in [1.29, 1.82) is 0 Å². The van der Waals surface area contributed by atoms with Gasteiger partial charge in [0.25, 0.3) is 0 Å². The molecule has 0 unspecified atom stereocenters. The van der Waals surface area contributed by atoms with Gasteiger partial charge in [-0.05, 0) is 73.9 Å². The standard InChI is InChI=1S/C27H29FN6O/c1-16-23(28)20(6-10-30-16)24-17(2)32-26(22-7-11-31-34(22)24)33-12-8-27(9-13-33)15-18-4-5-19(35-3)14-21(18)25(27)29/h4-7,10-11,14,25H,8-9,12-13,15,29H2,1-3H3/t25-/m1/s1. The van der Waals surface area contributed by atoms with Gasteiger partial charge in [-0.2, -0.15) is 5.10 Å². The second-order valence-electron chi connectivity index (χ2n) is 9.82. The van der Waals surface area contributed by atoms with E-state index in [0.717, 1.165) is 55.1 Å². The van der Waals surface area contributed by atoms with Crippen molar-refractivity contribution in [2.24, 2.45) is 11.1 Å². The zero-order valence-electron chi connectivity index (χ0n) is 20.3. The van der Waals surface area contributed by atoms with Crippen LogP contribution in [0.2, 0.25) is 0 Å². The van der Waals surface area contributed by atoms with Crippen LogP contribution in [0.15, 0.2) is 42.7 Å². The number of fused-ring (bicyclic) bond motifs is 2. The first kappa shape index (κ1) is 22.0. The maximum Gasteiger partial charge on any atom is 0.155 e. The largest absolute Gasteiger partial charge is 0.497 e. The molecule has 6 rings (SSSR count). The molecule has 1 aromatic carbocycles. The number of benzene rings is 1. The van der Waals surface area contributed by atoms with Crippen LogP contribution < -0.4 is 15.4 Å². The van der Waals surface area contributed by atoms with Gasteiger partial charge in [-0.1, -0.05) is 6.07 Å². The van der Waals surface area contributed by atoms with Gasteiger partial charge in [-0.25, -0.2) is 13.9 Å². The number of hydrogen-bond acceptors (Lipinski definition) is 6. The molecule has 1 spiro atoms. The number of nitrogens with two attached hydrogens (primary N) is 1. The average molecular weight is 473 g/mol. The minimum Gasteiger partial charge on any atom is -0.497 e. The Morgan fingerprint density at radius 2 is 1.89 bits per heavy atom. The fraction of sp³-hybridized carbons (Fsp3) is 0.370. The Morgan fingerprint density at radius 1 is 1.09 bits per heavy atom. The van der Waals surface area contributed by atoms with Crippen molar-refractivity contribution in [3.05, 3.63) is 71.1 Å². The molecule has 0 bridgehead atoms. The molecule has 4 aromatic rings. The van der Waals surface area contributed by atoms with Gasteiger partial charge in [0.1, 0.15) is 11.3 Å². The van der Waals surface area contributed by atoms with Gasteiger partial charge >= 0.3 is 0 Å². The molecule has 0 radical (unpaired) electrons. The predicted octanol–water partition coefficient (Wildman–Crippen LogP) is 4.40. The van der Waals surface area contributed by atoms with E-state index < -0.39 is 0 Å². The molecular weight excluding hydrogens is 443 g/mol. The van der Waals surface area contributed by atoms with E-state index in [1.807, 2.05) is 23.6 Å². The normalized spacial score (nSPS) is 18.9. The molecule has 0 saturated carbocycles. The summed E-state index contributed by atoms with van der Waals surface area (Å²) in [5.74, 6) is 1.40. The molecule has 0 amide bonds. The van der Waals surface area contributed by atoms with Crippen molar-refractivity contribution < 1.29 is 9.13 Å². The number of anilines is 1. The molecule has 7 nitrogen and oxygen atoms in total. The molecule has 8 heteroatoms. The van der Waals surface area contributed by atoms with Crippen molar-refractivity contribution in [2.75, 3.05) is 25.1 Å². The van der Waals surface area contributed by atoms with E-state index in [9.17, 15) is 4.39 Å². The summed E-state index contributed by atoms with van der Waals surface area (Å²) in [4.78, 5) is 11.4. The van der Waals surface area contributed by atoms with Gasteiger partial charge in [0, 0.05) is 30.9 Å². The first-order valence-electron chi connectivity index (χ1n) is 12.0. The third kappa shape index (κ3) is 3.31. The van der Waals surface area contributed by atoms with Gasteiger partial charge < -0.3 is 15.4 Å². The number of aromatic nitrogens is 4. The van der Waals surface area contributed by atoms with Crippen molar-refractivity contribution in [3.63, 3.8) is 0 Å². The second kappa shape index (κ2) is 8.02. The molecule has 1 atom stereocenters. The number of rotatable bonds is 3. The molecule has 1 aliphatic carbocycles. The summed E-state index contributed by atoms with van der Waals surface area (Å²) in [5.41, 5.74) is 12.5. The van der Waals surface area contributed by atoms with Crippen LogP contribution in [0, 0.1) is 25.1 Å².